The molecule has 2 aliphatic heterocycles. The minimum Gasteiger partial charge on any atom is -0.627 e. The molecule has 2 aliphatic rings. The number of hydrogen-bond acceptors (Lipinski definition) is 4. The highest BCUT2D eigenvalue weighted by molar-refractivity contribution is 5.89. The highest BCUT2D eigenvalue weighted by Gasteiger charge is 2.47. The average Bonchev–Trinajstić information content (AvgIpc) is 3.40. The van der Waals surface area contributed by atoms with Gasteiger partial charge in [-0.05, 0) is 23.6 Å². The van der Waals surface area contributed by atoms with E-state index in [-0.39, 0.29) is 18.5 Å². The number of hydrogen-bond donors (Lipinski definition) is 2. The summed E-state index contributed by atoms with van der Waals surface area (Å²) in [6.45, 7) is 3.34. The number of hydroxylamine groups is 2. The van der Waals surface area contributed by atoms with Gasteiger partial charge in [0.05, 0.1) is 0 Å². The molecule has 1 fully saturated rings. The second-order valence-electron chi connectivity index (χ2n) is 9.56. The minimum atomic E-state index is -0.731. The minimum absolute atomic E-state index is 0.0232. The van der Waals surface area contributed by atoms with Crippen LogP contribution >= 0.6 is 0 Å². The predicted molar refractivity (Wildman–Crippen MR) is 138 cm³/mol. The molecule has 6 heteroatoms. The molecular formula is C28H32N4O2. The lowest BCUT2D eigenvalue weighted by molar-refractivity contribution is -0.134. The molecule has 4 N–H and O–H groups in total. The fraction of sp³-hybridized carbons (Fsp3) is 0.321. The van der Waals surface area contributed by atoms with Crippen molar-refractivity contribution in [1.29, 1.82) is 0 Å². The Bertz CT molecular complexity index is 1270. The van der Waals surface area contributed by atoms with Crippen LogP contribution in [-0.2, 0) is 17.8 Å². The number of quaternary nitrogens is 1. The quantitative estimate of drug-likeness (QED) is 0.447. The van der Waals surface area contributed by atoms with E-state index in [4.69, 9.17) is 11.5 Å². The van der Waals surface area contributed by atoms with Gasteiger partial charge in [-0.1, -0.05) is 67.6 Å². The standard InChI is InChI=1S/C28H32N4O2/c1-2-6-25(30)20-11-12-21-16-27(28(33)31-14-13-23(29)17-31)32(34,26(21)15-20)18-22-9-5-8-19-7-3-4-10-24(19)22/h3-12,15,23,27H,2,13-14,16-18,29-30H2,1H3/b25-6+/t23-,27?,32?/m1/s1. The zero-order chi connectivity index (χ0) is 23.9. The average molecular weight is 457 g/mol. The highest BCUT2D eigenvalue weighted by atomic mass is 16.6. The van der Waals surface area contributed by atoms with E-state index in [1.807, 2.05) is 61.5 Å². The van der Waals surface area contributed by atoms with Crippen LogP contribution in [-0.4, -0.2) is 36.0 Å². The number of carbonyl (C=O) groups is 1. The molecular weight excluding hydrogens is 424 g/mol. The summed E-state index contributed by atoms with van der Waals surface area (Å²) in [5, 5.41) is 17.0. The Morgan fingerprint density at radius 3 is 2.74 bits per heavy atom. The molecule has 2 unspecified atom stereocenters. The fourth-order valence-electron chi connectivity index (χ4n) is 5.47. The number of nitrogens with zero attached hydrogens (tertiary/aromatic N) is 2. The van der Waals surface area contributed by atoms with Crippen LogP contribution in [0.4, 0.5) is 5.69 Å². The van der Waals surface area contributed by atoms with Crippen molar-refractivity contribution in [3.63, 3.8) is 0 Å². The molecule has 3 atom stereocenters. The second kappa shape index (κ2) is 8.87. The maximum atomic E-state index is 14.9. The largest absolute Gasteiger partial charge is 0.627 e. The van der Waals surface area contributed by atoms with E-state index in [2.05, 4.69) is 12.1 Å². The Balaban J connectivity index is 1.61. The van der Waals surface area contributed by atoms with Gasteiger partial charge in [0.2, 0.25) is 0 Å². The zero-order valence-electron chi connectivity index (χ0n) is 19.6. The SMILES string of the molecule is CC/C=C(/N)c1ccc2c(c1)[N+]([O-])(Cc1cccc3ccccc13)C(C(=O)N1CC[C@@H](N)C1)C2. The molecule has 1 amide bonds. The topological polar surface area (TPSA) is 95.4 Å². The van der Waals surface area contributed by atoms with Crippen molar-refractivity contribution in [1.82, 2.24) is 9.55 Å². The van der Waals surface area contributed by atoms with Gasteiger partial charge in [0.25, 0.3) is 5.91 Å². The Morgan fingerprint density at radius 2 is 1.97 bits per heavy atom. The fourth-order valence-corrected chi connectivity index (χ4v) is 5.47. The number of carbonyl (C=O) groups excluding carboxylic acids is 1. The lowest BCUT2D eigenvalue weighted by Crippen LogP contribution is -2.56. The van der Waals surface area contributed by atoms with Crippen LogP contribution in [0.15, 0.2) is 66.7 Å². The summed E-state index contributed by atoms with van der Waals surface area (Å²) in [5.74, 6) is -0.0991. The molecule has 176 valence electrons. The van der Waals surface area contributed by atoms with E-state index in [9.17, 15) is 10.0 Å². The number of likely N-dealkylation sites (tertiary alicyclic amines) is 1. The molecule has 0 aliphatic carbocycles. The van der Waals surface area contributed by atoms with Crippen LogP contribution in [0, 0.1) is 5.21 Å². The van der Waals surface area contributed by atoms with Crippen molar-refractivity contribution in [2.45, 2.75) is 44.8 Å². The number of benzene rings is 3. The van der Waals surface area contributed by atoms with E-state index in [0.717, 1.165) is 40.3 Å². The Kier molecular flexibility index (Phi) is 5.90. The highest BCUT2D eigenvalue weighted by Crippen LogP contribution is 2.43. The lowest BCUT2D eigenvalue weighted by Gasteiger charge is -2.44. The number of fused-ring (bicyclic) bond motifs is 2. The first kappa shape index (κ1) is 22.6. The van der Waals surface area contributed by atoms with Crippen LogP contribution < -0.4 is 16.1 Å². The van der Waals surface area contributed by atoms with Crippen LogP contribution in [0.2, 0.25) is 0 Å². The maximum absolute atomic E-state index is 14.9. The van der Waals surface area contributed by atoms with Crippen molar-refractivity contribution in [2.75, 3.05) is 13.1 Å². The van der Waals surface area contributed by atoms with Crippen LogP contribution in [0.1, 0.15) is 36.5 Å². The number of nitrogens with two attached hydrogens (primary N) is 2. The zero-order valence-corrected chi connectivity index (χ0v) is 19.6. The molecule has 0 bridgehead atoms. The summed E-state index contributed by atoms with van der Waals surface area (Å²) in [7, 11) is 0. The van der Waals surface area contributed by atoms with Gasteiger partial charge < -0.3 is 26.2 Å². The molecule has 0 saturated carbocycles. The number of rotatable bonds is 5. The summed E-state index contributed by atoms with van der Waals surface area (Å²) in [6.07, 6.45) is 3.96. The summed E-state index contributed by atoms with van der Waals surface area (Å²) < 4.78 is -0.707. The first-order chi connectivity index (χ1) is 16.4. The van der Waals surface area contributed by atoms with Crippen LogP contribution in [0.3, 0.4) is 0 Å². The smallest absolute Gasteiger partial charge is 0.282 e. The van der Waals surface area contributed by atoms with Gasteiger partial charge in [-0.15, -0.1) is 0 Å². The monoisotopic (exact) mass is 456 g/mol. The summed E-state index contributed by atoms with van der Waals surface area (Å²) in [6, 6.07) is 19.2. The molecule has 1 saturated heterocycles. The van der Waals surface area contributed by atoms with Gasteiger partial charge in [0.15, 0.2) is 6.04 Å². The first-order valence-electron chi connectivity index (χ1n) is 12.1. The van der Waals surface area contributed by atoms with Gasteiger partial charge in [-0.3, -0.25) is 4.79 Å². The molecule has 34 heavy (non-hydrogen) atoms. The van der Waals surface area contributed by atoms with Gasteiger partial charge >= 0.3 is 0 Å². The van der Waals surface area contributed by atoms with E-state index in [1.165, 1.54) is 0 Å². The summed E-state index contributed by atoms with van der Waals surface area (Å²) in [4.78, 5) is 15.5. The number of amides is 1. The van der Waals surface area contributed by atoms with Crippen LogP contribution in [0.5, 0.6) is 0 Å². The van der Waals surface area contributed by atoms with Gasteiger partial charge in [0.1, 0.15) is 12.2 Å². The number of allylic oxidation sites excluding steroid dienone is 1. The van der Waals surface area contributed by atoms with E-state index < -0.39 is 10.7 Å². The molecule has 3 aromatic carbocycles. The maximum Gasteiger partial charge on any atom is 0.282 e. The summed E-state index contributed by atoms with van der Waals surface area (Å²) in [5.41, 5.74) is 16.4. The third-order valence-corrected chi connectivity index (χ3v) is 7.27. The molecule has 0 spiro atoms. The van der Waals surface area contributed by atoms with Crippen molar-refractivity contribution < 1.29 is 4.79 Å². The van der Waals surface area contributed by atoms with Crippen molar-refractivity contribution in [2.24, 2.45) is 11.5 Å². The Hall–Kier alpha value is -3.19. The normalized spacial score (nSPS) is 24.6. The summed E-state index contributed by atoms with van der Waals surface area (Å²) >= 11 is 0. The third kappa shape index (κ3) is 3.88. The predicted octanol–water partition coefficient (Wildman–Crippen LogP) is 4.04. The molecule has 3 aromatic rings. The van der Waals surface area contributed by atoms with Crippen molar-refractivity contribution in [3.8, 4) is 0 Å². The third-order valence-electron chi connectivity index (χ3n) is 7.27. The molecule has 0 radical (unpaired) electrons. The van der Waals surface area contributed by atoms with E-state index >= 15 is 0 Å². The molecule has 0 aromatic heterocycles. The Morgan fingerprint density at radius 1 is 1.18 bits per heavy atom. The molecule has 6 nitrogen and oxygen atoms in total. The molecule has 5 rings (SSSR count). The second-order valence-corrected chi connectivity index (χ2v) is 9.56. The molecule has 2 heterocycles. The van der Waals surface area contributed by atoms with E-state index in [0.29, 0.717) is 30.9 Å². The van der Waals surface area contributed by atoms with Crippen molar-refractivity contribution in [3.05, 3.63) is 88.6 Å². The van der Waals surface area contributed by atoms with Crippen LogP contribution in [0.25, 0.3) is 16.5 Å². The van der Waals surface area contributed by atoms with Gasteiger partial charge in [-0.25, -0.2) is 0 Å². The first-order valence-corrected chi connectivity index (χ1v) is 12.1. The lowest BCUT2D eigenvalue weighted by atomic mass is 10.0. The van der Waals surface area contributed by atoms with E-state index in [1.54, 1.807) is 4.90 Å². The van der Waals surface area contributed by atoms with Gasteiger partial charge in [-0.2, -0.15) is 0 Å². The Labute approximate surface area is 200 Å². The van der Waals surface area contributed by atoms with Crippen molar-refractivity contribution >= 4 is 28.1 Å². The van der Waals surface area contributed by atoms with Gasteiger partial charge in [0, 0.05) is 54.0 Å².